The molecule has 1 saturated heterocycles. The van der Waals surface area contributed by atoms with Gasteiger partial charge in [-0.1, -0.05) is 0 Å². The maximum absolute atomic E-state index is 10.8. The maximum Gasteiger partial charge on any atom is 0.336 e. The van der Waals surface area contributed by atoms with Crippen molar-refractivity contribution in [3.8, 4) is 0 Å². The lowest BCUT2D eigenvalue weighted by Gasteiger charge is -2.25. The predicted molar refractivity (Wildman–Crippen MR) is 44.3 cm³/mol. The summed E-state index contributed by atoms with van der Waals surface area (Å²) in [4.78, 5) is 10.8. The quantitative estimate of drug-likeness (QED) is 0.718. The molecular formula is C9H14O4. The van der Waals surface area contributed by atoms with Gasteiger partial charge in [-0.25, -0.2) is 4.79 Å². The van der Waals surface area contributed by atoms with Crippen LogP contribution in [0, 0.1) is 0 Å². The van der Waals surface area contributed by atoms with Crippen LogP contribution < -0.4 is 0 Å². The average molecular weight is 186 g/mol. The minimum Gasteiger partial charge on any atom is -0.479 e. The van der Waals surface area contributed by atoms with Crippen molar-refractivity contribution in [2.45, 2.75) is 44.0 Å². The van der Waals surface area contributed by atoms with E-state index < -0.39 is 11.6 Å². The van der Waals surface area contributed by atoms with Crippen LogP contribution >= 0.6 is 0 Å². The predicted octanol–water partition coefficient (Wildman–Crippen LogP) is 1.15. The van der Waals surface area contributed by atoms with Gasteiger partial charge in [-0.3, -0.25) is 0 Å². The monoisotopic (exact) mass is 186 g/mol. The van der Waals surface area contributed by atoms with Crippen LogP contribution in [0.5, 0.6) is 0 Å². The van der Waals surface area contributed by atoms with Gasteiger partial charge >= 0.3 is 5.97 Å². The Kier molecular flexibility index (Phi) is 2.26. The Labute approximate surface area is 76.8 Å². The first-order chi connectivity index (χ1) is 6.23. The molecule has 1 N–H and O–H groups in total. The molecule has 2 aliphatic rings. The van der Waals surface area contributed by atoms with E-state index in [-0.39, 0.29) is 6.29 Å². The van der Waals surface area contributed by atoms with E-state index >= 15 is 0 Å². The second kappa shape index (κ2) is 3.27. The number of rotatable bonds is 3. The number of carboxylic acids is 1. The lowest BCUT2D eigenvalue weighted by atomic mass is 10.2. The van der Waals surface area contributed by atoms with E-state index in [1.807, 2.05) is 0 Å². The zero-order valence-corrected chi connectivity index (χ0v) is 7.49. The van der Waals surface area contributed by atoms with Crippen molar-refractivity contribution in [3.63, 3.8) is 0 Å². The molecule has 1 heterocycles. The molecule has 1 unspecified atom stereocenters. The van der Waals surface area contributed by atoms with Crippen LogP contribution in [0.25, 0.3) is 0 Å². The lowest BCUT2D eigenvalue weighted by Crippen LogP contribution is -2.34. The molecule has 0 bridgehead atoms. The fraction of sp³-hybridized carbons (Fsp3) is 0.889. The summed E-state index contributed by atoms with van der Waals surface area (Å²) < 4.78 is 10.7. The first kappa shape index (κ1) is 8.97. The first-order valence-electron chi connectivity index (χ1n) is 4.76. The Hall–Kier alpha value is -0.610. The number of carbonyl (C=O) groups is 1. The second-order valence-electron chi connectivity index (χ2n) is 3.71. The van der Waals surface area contributed by atoms with Crippen molar-refractivity contribution in [1.82, 2.24) is 0 Å². The van der Waals surface area contributed by atoms with Crippen LogP contribution in [0.15, 0.2) is 0 Å². The summed E-state index contributed by atoms with van der Waals surface area (Å²) in [5.74, 6) is -0.846. The molecule has 4 nitrogen and oxygen atoms in total. The zero-order chi connectivity index (χ0) is 9.31. The van der Waals surface area contributed by atoms with Crippen LogP contribution in [0.3, 0.4) is 0 Å². The van der Waals surface area contributed by atoms with Gasteiger partial charge in [0.25, 0.3) is 0 Å². The van der Waals surface area contributed by atoms with Gasteiger partial charge in [0, 0.05) is 6.61 Å². The molecule has 2 fully saturated rings. The van der Waals surface area contributed by atoms with Crippen molar-refractivity contribution in [2.75, 3.05) is 6.61 Å². The van der Waals surface area contributed by atoms with E-state index in [1.54, 1.807) is 0 Å². The highest BCUT2D eigenvalue weighted by Gasteiger charge is 2.53. The number of hydrogen-bond acceptors (Lipinski definition) is 3. The third-order valence-electron chi connectivity index (χ3n) is 2.59. The Balaban J connectivity index is 1.86. The standard InChI is InChI=1S/C9H14O4/c10-8(11)9(4-5-9)13-7-3-1-2-6-12-7/h7H,1-6H2,(H,10,11). The summed E-state index contributed by atoms with van der Waals surface area (Å²) in [6, 6.07) is 0. The van der Waals surface area contributed by atoms with E-state index in [2.05, 4.69) is 0 Å². The highest BCUT2D eigenvalue weighted by Crippen LogP contribution is 2.41. The fourth-order valence-corrected chi connectivity index (χ4v) is 1.55. The zero-order valence-electron chi connectivity index (χ0n) is 7.49. The van der Waals surface area contributed by atoms with Gasteiger partial charge in [-0.15, -0.1) is 0 Å². The molecule has 1 aliphatic carbocycles. The van der Waals surface area contributed by atoms with Gasteiger partial charge in [0.2, 0.25) is 0 Å². The summed E-state index contributed by atoms with van der Waals surface area (Å²) in [5, 5.41) is 8.85. The first-order valence-corrected chi connectivity index (χ1v) is 4.76. The minimum atomic E-state index is -0.901. The Bertz CT molecular complexity index is 204. The highest BCUT2D eigenvalue weighted by atomic mass is 16.7. The largest absolute Gasteiger partial charge is 0.479 e. The van der Waals surface area contributed by atoms with Gasteiger partial charge in [0.05, 0.1) is 0 Å². The summed E-state index contributed by atoms with van der Waals surface area (Å²) in [7, 11) is 0. The van der Waals surface area contributed by atoms with E-state index in [0.29, 0.717) is 19.4 Å². The van der Waals surface area contributed by atoms with Crippen molar-refractivity contribution in [3.05, 3.63) is 0 Å². The molecule has 1 saturated carbocycles. The Morgan fingerprint density at radius 2 is 2.23 bits per heavy atom. The van der Waals surface area contributed by atoms with Crippen LogP contribution in [0.4, 0.5) is 0 Å². The second-order valence-corrected chi connectivity index (χ2v) is 3.71. The van der Waals surface area contributed by atoms with Crippen LogP contribution in [-0.4, -0.2) is 29.6 Å². The van der Waals surface area contributed by atoms with E-state index in [9.17, 15) is 4.79 Å². The molecule has 0 aromatic carbocycles. The molecule has 0 amide bonds. The van der Waals surface area contributed by atoms with Crippen molar-refractivity contribution < 1.29 is 19.4 Å². The normalized spacial score (nSPS) is 31.2. The minimum absolute atomic E-state index is 0.285. The lowest BCUT2D eigenvalue weighted by molar-refractivity contribution is -0.208. The molecule has 0 radical (unpaired) electrons. The topological polar surface area (TPSA) is 55.8 Å². The summed E-state index contributed by atoms with van der Waals surface area (Å²) >= 11 is 0. The fourth-order valence-electron chi connectivity index (χ4n) is 1.55. The number of carboxylic acid groups (broad SMARTS) is 1. The molecule has 1 atom stereocenters. The molecule has 4 heteroatoms. The number of ether oxygens (including phenoxy) is 2. The molecule has 2 rings (SSSR count). The number of hydrogen-bond donors (Lipinski definition) is 1. The molecule has 0 aromatic heterocycles. The van der Waals surface area contributed by atoms with Gasteiger partial charge in [-0.05, 0) is 32.1 Å². The van der Waals surface area contributed by atoms with E-state index in [0.717, 1.165) is 19.3 Å². The third-order valence-corrected chi connectivity index (χ3v) is 2.59. The van der Waals surface area contributed by atoms with Gasteiger partial charge in [-0.2, -0.15) is 0 Å². The third kappa shape index (κ3) is 1.84. The SMILES string of the molecule is O=C(O)C1(OC2CCCCO2)CC1. The van der Waals surface area contributed by atoms with Gasteiger partial charge in [0.15, 0.2) is 11.9 Å². The van der Waals surface area contributed by atoms with Crippen molar-refractivity contribution >= 4 is 5.97 Å². The van der Waals surface area contributed by atoms with Gasteiger partial charge in [0.1, 0.15) is 0 Å². The van der Waals surface area contributed by atoms with Crippen LogP contribution in [0.2, 0.25) is 0 Å². The van der Waals surface area contributed by atoms with E-state index in [4.69, 9.17) is 14.6 Å². The summed E-state index contributed by atoms with van der Waals surface area (Å²) in [6.45, 7) is 0.695. The van der Waals surface area contributed by atoms with Crippen molar-refractivity contribution in [2.24, 2.45) is 0 Å². The Morgan fingerprint density at radius 3 is 2.69 bits per heavy atom. The summed E-state index contributed by atoms with van der Waals surface area (Å²) in [6.07, 6.45) is 3.92. The van der Waals surface area contributed by atoms with Crippen molar-refractivity contribution in [1.29, 1.82) is 0 Å². The van der Waals surface area contributed by atoms with Crippen LogP contribution in [-0.2, 0) is 14.3 Å². The smallest absolute Gasteiger partial charge is 0.336 e. The van der Waals surface area contributed by atoms with E-state index in [1.165, 1.54) is 0 Å². The summed E-state index contributed by atoms with van der Waals surface area (Å²) in [5.41, 5.74) is -0.901. The molecule has 13 heavy (non-hydrogen) atoms. The molecule has 0 aromatic rings. The maximum atomic E-state index is 10.8. The highest BCUT2D eigenvalue weighted by molar-refractivity contribution is 5.80. The Morgan fingerprint density at radius 1 is 1.46 bits per heavy atom. The molecular weight excluding hydrogens is 172 g/mol. The molecule has 0 spiro atoms. The van der Waals surface area contributed by atoms with Gasteiger partial charge < -0.3 is 14.6 Å². The van der Waals surface area contributed by atoms with Crippen LogP contribution in [0.1, 0.15) is 32.1 Å². The molecule has 1 aliphatic heterocycles. The number of aliphatic carboxylic acids is 1. The molecule has 74 valence electrons. The average Bonchev–Trinajstić information content (AvgIpc) is 2.87.